The number of piperidine rings is 1. The molecular formula is C15H24N4O. The summed E-state index contributed by atoms with van der Waals surface area (Å²) in [5.41, 5.74) is 6.99. The van der Waals surface area contributed by atoms with Crippen LogP contribution in [0.5, 0.6) is 0 Å². The lowest BCUT2D eigenvalue weighted by molar-refractivity contribution is 0.0641. The van der Waals surface area contributed by atoms with Gasteiger partial charge in [-0.3, -0.25) is 9.78 Å². The Morgan fingerprint density at radius 2 is 2.15 bits per heavy atom. The fourth-order valence-electron chi connectivity index (χ4n) is 2.64. The molecule has 2 N–H and O–H groups in total. The second-order valence-corrected chi connectivity index (χ2v) is 5.34. The summed E-state index contributed by atoms with van der Waals surface area (Å²) in [4.78, 5) is 20.9. The smallest absolute Gasteiger partial charge is 0.272 e. The summed E-state index contributed by atoms with van der Waals surface area (Å²) in [6, 6.07) is 3.96. The molecular weight excluding hydrogens is 252 g/mol. The van der Waals surface area contributed by atoms with Crippen molar-refractivity contribution in [2.45, 2.75) is 32.4 Å². The van der Waals surface area contributed by atoms with Crippen molar-refractivity contribution in [1.29, 1.82) is 0 Å². The van der Waals surface area contributed by atoms with Crippen molar-refractivity contribution in [2.24, 2.45) is 5.73 Å². The minimum Gasteiger partial charge on any atom is -0.337 e. The first-order chi connectivity index (χ1) is 9.65. The number of carbonyl (C=O) groups is 1. The van der Waals surface area contributed by atoms with E-state index in [1.165, 1.54) is 0 Å². The molecule has 0 radical (unpaired) electrons. The van der Waals surface area contributed by atoms with E-state index in [4.69, 9.17) is 5.73 Å². The number of carbonyl (C=O) groups excluding carboxylic acids is 1. The minimum absolute atomic E-state index is 0.00326. The van der Waals surface area contributed by atoms with Crippen molar-refractivity contribution in [3.63, 3.8) is 0 Å². The number of likely N-dealkylation sites (tertiary alicyclic amines) is 1. The SMILES string of the molecule is CCN1CCC(N(C)C(=O)c2ccc(CN)cn2)CC1. The van der Waals surface area contributed by atoms with E-state index in [1.807, 2.05) is 18.0 Å². The highest BCUT2D eigenvalue weighted by molar-refractivity contribution is 5.92. The Bertz CT molecular complexity index is 438. The van der Waals surface area contributed by atoms with Crippen LogP contribution in [0.25, 0.3) is 0 Å². The van der Waals surface area contributed by atoms with Crippen LogP contribution in [0, 0.1) is 0 Å². The van der Waals surface area contributed by atoms with Gasteiger partial charge in [-0.2, -0.15) is 0 Å². The fraction of sp³-hybridized carbons (Fsp3) is 0.600. The van der Waals surface area contributed by atoms with E-state index in [2.05, 4.69) is 16.8 Å². The highest BCUT2D eigenvalue weighted by atomic mass is 16.2. The average Bonchev–Trinajstić information content (AvgIpc) is 2.53. The van der Waals surface area contributed by atoms with Gasteiger partial charge in [-0.05, 0) is 31.0 Å². The summed E-state index contributed by atoms with van der Waals surface area (Å²) in [5.74, 6) is 0.00326. The monoisotopic (exact) mass is 276 g/mol. The van der Waals surface area contributed by atoms with Gasteiger partial charge < -0.3 is 15.5 Å². The quantitative estimate of drug-likeness (QED) is 0.894. The van der Waals surface area contributed by atoms with Gasteiger partial charge in [0, 0.05) is 38.9 Å². The van der Waals surface area contributed by atoms with Crippen LogP contribution < -0.4 is 5.73 Å². The molecule has 1 amide bonds. The number of amides is 1. The zero-order chi connectivity index (χ0) is 14.5. The molecule has 5 nitrogen and oxygen atoms in total. The molecule has 1 aromatic rings. The van der Waals surface area contributed by atoms with Crippen molar-refractivity contribution in [1.82, 2.24) is 14.8 Å². The molecule has 0 saturated carbocycles. The fourth-order valence-corrected chi connectivity index (χ4v) is 2.64. The first kappa shape index (κ1) is 14.9. The lowest BCUT2D eigenvalue weighted by Gasteiger charge is -2.36. The molecule has 1 aromatic heterocycles. The van der Waals surface area contributed by atoms with Gasteiger partial charge in [-0.15, -0.1) is 0 Å². The Balaban J connectivity index is 1.97. The molecule has 1 fully saturated rings. The molecule has 0 spiro atoms. The van der Waals surface area contributed by atoms with Gasteiger partial charge in [0.2, 0.25) is 0 Å². The second kappa shape index (κ2) is 6.81. The first-order valence-electron chi connectivity index (χ1n) is 7.30. The highest BCUT2D eigenvalue weighted by Gasteiger charge is 2.25. The summed E-state index contributed by atoms with van der Waals surface area (Å²) in [7, 11) is 1.88. The van der Waals surface area contributed by atoms with Crippen molar-refractivity contribution < 1.29 is 4.79 Å². The molecule has 0 unspecified atom stereocenters. The van der Waals surface area contributed by atoms with Gasteiger partial charge in [0.1, 0.15) is 5.69 Å². The predicted octanol–water partition coefficient (Wildman–Crippen LogP) is 1.10. The maximum atomic E-state index is 12.4. The van der Waals surface area contributed by atoms with Crippen LogP contribution in [-0.4, -0.2) is 53.4 Å². The summed E-state index contributed by atoms with van der Waals surface area (Å²) < 4.78 is 0. The molecule has 0 aliphatic carbocycles. The van der Waals surface area contributed by atoms with Crippen LogP contribution in [0.2, 0.25) is 0 Å². The van der Waals surface area contributed by atoms with Crippen LogP contribution >= 0.6 is 0 Å². The predicted molar refractivity (Wildman–Crippen MR) is 79.4 cm³/mol. The third-order valence-corrected chi connectivity index (χ3v) is 4.15. The molecule has 0 bridgehead atoms. The molecule has 2 heterocycles. The highest BCUT2D eigenvalue weighted by Crippen LogP contribution is 2.17. The molecule has 5 heteroatoms. The zero-order valence-electron chi connectivity index (χ0n) is 12.4. The Morgan fingerprint density at radius 3 is 2.65 bits per heavy atom. The first-order valence-corrected chi connectivity index (χ1v) is 7.30. The van der Waals surface area contributed by atoms with Crippen molar-refractivity contribution in [3.05, 3.63) is 29.6 Å². The van der Waals surface area contributed by atoms with Gasteiger partial charge in [0.15, 0.2) is 0 Å². The maximum Gasteiger partial charge on any atom is 0.272 e. The lowest BCUT2D eigenvalue weighted by atomic mass is 10.0. The van der Waals surface area contributed by atoms with Gasteiger partial charge >= 0.3 is 0 Å². The standard InChI is InChI=1S/C15H24N4O/c1-3-19-8-6-13(7-9-19)18(2)15(20)14-5-4-12(10-16)11-17-14/h4-5,11,13H,3,6-10,16H2,1-2H3. The number of aromatic nitrogens is 1. The van der Waals surface area contributed by atoms with E-state index in [9.17, 15) is 4.79 Å². The molecule has 110 valence electrons. The van der Waals surface area contributed by atoms with Crippen LogP contribution in [0.15, 0.2) is 18.3 Å². The van der Waals surface area contributed by atoms with E-state index >= 15 is 0 Å². The molecule has 0 aromatic carbocycles. The largest absolute Gasteiger partial charge is 0.337 e. The lowest BCUT2D eigenvalue weighted by Crippen LogP contribution is -2.45. The summed E-state index contributed by atoms with van der Waals surface area (Å²) in [6.45, 7) is 5.86. The van der Waals surface area contributed by atoms with E-state index in [0.717, 1.165) is 38.0 Å². The van der Waals surface area contributed by atoms with Crippen LogP contribution in [0.4, 0.5) is 0 Å². The number of rotatable bonds is 4. The number of hydrogen-bond acceptors (Lipinski definition) is 4. The molecule has 2 rings (SSSR count). The molecule has 0 atom stereocenters. The van der Waals surface area contributed by atoms with E-state index in [0.29, 0.717) is 18.3 Å². The number of pyridine rings is 1. The Morgan fingerprint density at radius 1 is 1.45 bits per heavy atom. The van der Waals surface area contributed by atoms with Crippen LogP contribution in [-0.2, 0) is 6.54 Å². The van der Waals surface area contributed by atoms with Crippen LogP contribution in [0.1, 0.15) is 35.8 Å². The van der Waals surface area contributed by atoms with Crippen LogP contribution in [0.3, 0.4) is 0 Å². The Kier molecular flexibility index (Phi) is 5.09. The van der Waals surface area contributed by atoms with Crippen molar-refractivity contribution in [2.75, 3.05) is 26.7 Å². The summed E-state index contributed by atoms with van der Waals surface area (Å²) in [5, 5.41) is 0. The maximum absolute atomic E-state index is 12.4. The zero-order valence-corrected chi connectivity index (χ0v) is 12.4. The van der Waals surface area contributed by atoms with Crippen molar-refractivity contribution in [3.8, 4) is 0 Å². The van der Waals surface area contributed by atoms with E-state index < -0.39 is 0 Å². The topological polar surface area (TPSA) is 62.5 Å². The van der Waals surface area contributed by atoms with E-state index in [-0.39, 0.29) is 5.91 Å². The van der Waals surface area contributed by atoms with Gasteiger partial charge in [-0.25, -0.2) is 0 Å². The number of nitrogens with two attached hydrogens (primary N) is 1. The second-order valence-electron chi connectivity index (χ2n) is 5.34. The normalized spacial score (nSPS) is 17.1. The van der Waals surface area contributed by atoms with Gasteiger partial charge in [-0.1, -0.05) is 13.0 Å². The Labute approximate surface area is 120 Å². The summed E-state index contributed by atoms with van der Waals surface area (Å²) in [6.07, 6.45) is 3.76. The average molecular weight is 276 g/mol. The number of nitrogens with zero attached hydrogens (tertiary/aromatic N) is 3. The van der Waals surface area contributed by atoms with E-state index in [1.54, 1.807) is 12.3 Å². The third-order valence-electron chi connectivity index (χ3n) is 4.15. The minimum atomic E-state index is 0.00326. The summed E-state index contributed by atoms with van der Waals surface area (Å²) >= 11 is 0. The van der Waals surface area contributed by atoms with Gasteiger partial charge in [0.25, 0.3) is 5.91 Å². The van der Waals surface area contributed by atoms with Crippen molar-refractivity contribution >= 4 is 5.91 Å². The Hall–Kier alpha value is -1.46. The number of hydrogen-bond donors (Lipinski definition) is 1. The molecule has 1 aliphatic rings. The molecule has 1 aliphatic heterocycles. The van der Waals surface area contributed by atoms with Gasteiger partial charge in [0.05, 0.1) is 0 Å². The third kappa shape index (κ3) is 3.35. The molecule has 1 saturated heterocycles. The molecule has 20 heavy (non-hydrogen) atoms.